The van der Waals surface area contributed by atoms with Gasteiger partial charge < -0.3 is 14.8 Å². The van der Waals surface area contributed by atoms with Crippen molar-refractivity contribution in [3.8, 4) is 28.8 Å². The van der Waals surface area contributed by atoms with Gasteiger partial charge in [0.25, 0.3) is 5.91 Å². The molecule has 7 heteroatoms. The van der Waals surface area contributed by atoms with Crippen LogP contribution in [0.5, 0.6) is 5.75 Å². The quantitative estimate of drug-likeness (QED) is 0.397. The van der Waals surface area contributed by atoms with Gasteiger partial charge in [0.05, 0.1) is 23.6 Å². The van der Waals surface area contributed by atoms with Crippen LogP contribution < -0.4 is 10.1 Å². The molecule has 0 unspecified atom stereocenters. The molecule has 174 valence electrons. The Morgan fingerprint density at radius 1 is 1.26 bits per heavy atom. The fourth-order valence-electron chi connectivity index (χ4n) is 3.80. The molecular weight excluding hydrogens is 428 g/mol. The molecule has 4 rings (SSSR count). The van der Waals surface area contributed by atoms with Gasteiger partial charge in [-0.25, -0.2) is 4.68 Å². The first-order chi connectivity index (χ1) is 16.5. The second kappa shape index (κ2) is 10.8. The van der Waals surface area contributed by atoms with Crippen molar-refractivity contribution < 1.29 is 14.3 Å². The molecule has 1 atom stereocenters. The van der Waals surface area contributed by atoms with Gasteiger partial charge in [-0.05, 0) is 69.2 Å². The Balaban J connectivity index is 1.66. The molecule has 1 aromatic heterocycles. The molecule has 0 radical (unpaired) electrons. The molecule has 3 aromatic rings. The maximum Gasteiger partial charge on any atom is 0.262 e. The van der Waals surface area contributed by atoms with E-state index < -0.39 is 5.91 Å². The number of carbonyl (C=O) groups is 1. The number of rotatable bonds is 8. The topological polar surface area (TPSA) is 89.2 Å². The van der Waals surface area contributed by atoms with E-state index in [0.29, 0.717) is 24.4 Å². The molecule has 1 aliphatic heterocycles. The molecule has 2 aromatic carbocycles. The summed E-state index contributed by atoms with van der Waals surface area (Å²) in [4.78, 5) is 12.7. The number of amides is 1. The number of hydrogen-bond donors (Lipinski definition) is 1. The second-order valence-electron chi connectivity index (χ2n) is 8.42. The lowest BCUT2D eigenvalue weighted by atomic mass is 10.1. The van der Waals surface area contributed by atoms with E-state index in [1.807, 2.05) is 80.7 Å². The van der Waals surface area contributed by atoms with Crippen LogP contribution in [0.25, 0.3) is 23.0 Å². The van der Waals surface area contributed by atoms with Crippen molar-refractivity contribution in [2.45, 2.75) is 38.9 Å². The lowest BCUT2D eigenvalue weighted by Gasteiger charge is -2.10. The van der Waals surface area contributed by atoms with Gasteiger partial charge in [-0.3, -0.25) is 4.79 Å². The standard InChI is InChI=1S/C27H28N4O3/c1-19(2)34-24-12-10-20(11-13-24)26-22(18-31(30-26)23-7-4-3-5-8-23)15-21(16-28)27(32)29-17-25-9-6-14-33-25/h3-5,7-8,10-13,15,18-19,25H,6,9,14,17H2,1-2H3,(H,29,32)/b21-15+/t25-/m1/s1. The molecule has 1 amide bonds. The third-order valence-corrected chi connectivity index (χ3v) is 5.44. The summed E-state index contributed by atoms with van der Waals surface area (Å²) >= 11 is 0. The van der Waals surface area contributed by atoms with E-state index in [4.69, 9.17) is 14.6 Å². The van der Waals surface area contributed by atoms with Crippen LogP contribution in [0, 0.1) is 11.3 Å². The number of para-hydroxylation sites is 1. The predicted octanol–water partition coefficient (Wildman–Crippen LogP) is 4.53. The van der Waals surface area contributed by atoms with Crippen molar-refractivity contribution in [2.75, 3.05) is 13.2 Å². The smallest absolute Gasteiger partial charge is 0.262 e. The van der Waals surface area contributed by atoms with Crippen LogP contribution in [-0.2, 0) is 9.53 Å². The fraction of sp³-hybridized carbons (Fsp3) is 0.296. The van der Waals surface area contributed by atoms with Crippen LogP contribution >= 0.6 is 0 Å². The molecule has 0 saturated carbocycles. The number of ether oxygens (including phenoxy) is 2. The third-order valence-electron chi connectivity index (χ3n) is 5.44. The Morgan fingerprint density at radius 3 is 2.68 bits per heavy atom. The van der Waals surface area contributed by atoms with E-state index in [-0.39, 0.29) is 17.8 Å². The summed E-state index contributed by atoms with van der Waals surface area (Å²) in [5, 5.41) is 17.3. The number of aromatic nitrogens is 2. The van der Waals surface area contributed by atoms with E-state index in [0.717, 1.165) is 29.8 Å². The Kier molecular flexibility index (Phi) is 7.41. The van der Waals surface area contributed by atoms with Crippen molar-refractivity contribution in [1.29, 1.82) is 5.26 Å². The third kappa shape index (κ3) is 5.72. The SMILES string of the molecule is CC(C)Oc1ccc(-c2nn(-c3ccccc3)cc2/C=C(\C#N)C(=O)NC[C@H]2CCCO2)cc1. The van der Waals surface area contributed by atoms with E-state index in [1.165, 1.54) is 0 Å². The number of nitrogens with one attached hydrogen (secondary N) is 1. The largest absolute Gasteiger partial charge is 0.491 e. The van der Waals surface area contributed by atoms with Crippen molar-refractivity contribution in [3.05, 3.63) is 71.9 Å². The summed E-state index contributed by atoms with van der Waals surface area (Å²) in [5.41, 5.74) is 3.09. The number of carbonyl (C=O) groups excluding carboxylic acids is 1. The summed E-state index contributed by atoms with van der Waals surface area (Å²) in [5.74, 6) is 0.349. The van der Waals surface area contributed by atoms with Crippen LogP contribution in [0.2, 0.25) is 0 Å². The van der Waals surface area contributed by atoms with Gasteiger partial charge in [0.15, 0.2) is 0 Å². The molecule has 1 N–H and O–H groups in total. The first-order valence-electron chi connectivity index (χ1n) is 11.5. The molecule has 1 aliphatic rings. The average Bonchev–Trinajstić information content (AvgIpc) is 3.52. The minimum absolute atomic E-state index is 0.00635. The van der Waals surface area contributed by atoms with Gasteiger partial charge in [-0.1, -0.05) is 18.2 Å². The Bertz CT molecular complexity index is 1180. The van der Waals surface area contributed by atoms with Crippen molar-refractivity contribution >= 4 is 12.0 Å². The number of benzene rings is 2. The summed E-state index contributed by atoms with van der Waals surface area (Å²) in [7, 11) is 0. The highest BCUT2D eigenvalue weighted by Gasteiger charge is 2.19. The highest BCUT2D eigenvalue weighted by Crippen LogP contribution is 2.28. The normalized spacial score (nSPS) is 15.8. The minimum atomic E-state index is -0.419. The zero-order chi connectivity index (χ0) is 23.9. The minimum Gasteiger partial charge on any atom is -0.491 e. The molecular formula is C27H28N4O3. The predicted molar refractivity (Wildman–Crippen MR) is 130 cm³/mol. The highest BCUT2D eigenvalue weighted by molar-refractivity contribution is 6.02. The lowest BCUT2D eigenvalue weighted by molar-refractivity contribution is -0.117. The zero-order valence-electron chi connectivity index (χ0n) is 19.4. The van der Waals surface area contributed by atoms with E-state index in [1.54, 1.807) is 10.8 Å². The van der Waals surface area contributed by atoms with E-state index in [9.17, 15) is 10.1 Å². The van der Waals surface area contributed by atoms with Crippen LogP contribution in [-0.4, -0.2) is 41.0 Å². The molecule has 0 spiro atoms. The highest BCUT2D eigenvalue weighted by atomic mass is 16.5. The van der Waals surface area contributed by atoms with E-state index in [2.05, 4.69) is 5.32 Å². The molecule has 34 heavy (non-hydrogen) atoms. The maximum absolute atomic E-state index is 12.7. The van der Waals surface area contributed by atoms with Crippen molar-refractivity contribution in [1.82, 2.24) is 15.1 Å². The number of nitrogens with zero attached hydrogens (tertiary/aromatic N) is 3. The summed E-state index contributed by atoms with van der Waals surface area (Å²) in [6, 6.07) is 19.4. The van der Waals surface area contributed by atoms with Gasteiger partial charge in [-0.15, -0.1) is 0 Å². The Hall–Kier alpha value is -3.89. The van der Waals surface area contributed by atoms with Crippen LogP contribution in [0.3, 0.4) is 0 Å². The molecule has 1 fully saturated rings. The molecule has 2 heterocycles. The molecule has 0 aliphatic carbocycles. The van der Waals surface area contributed by atoms with Crippen LogP contribution in [0.1, 0.15) is 32.3 Å². The van der Waals surface area contributed by atoms with Gasteiger partial charge in [0, 0.05) is 30.5 Å². The monoisotopic (exact) mass is 456 g/mol. The van der Waals surface area contributed by atoms with Crippen molar-refractivity contribution in [2.24, 2.45) is 0 Å². The first kappa shape index (κ1) is 23.3. The zero-order valence-corrected chi connectivity index (χ0v) is 19.4. The summed E-state index contributed by atoms with van der Waals surface area (Å²) < 4.78 is 13.1. The lowest BCUT2D eigenvalue weighted by Crippen LogP contribution is -2.32. The average molecular weight is 457 g/mol. The maximum atomic E-state index is 12.7. The van der Waals surface area contributed by atoms with Gasteiger partial charge in [-0.2, -0.15) is 10.4 Å². The van der Waals surface area contributed by atoms with Crippen molar-refractivity contribution in [3.63, 3.8) is 0 Å². The Morgan fingerprint density at radius 2 is 2.03 bits per heavy atom. The molecule has 0 bridgehead atoms. The summed E-state index contributed by atoms with van der Waals surface area (Å²) in [6.07, 6.45) is 5.40. The van der Waals surface area contributed by atoms with Gasteiger partial charge in [0.2, 0.25) is 0 Å². The van der Waals surface area contributed by atoms with E-state index >= 15 is 0 Å². The first-order valence-corrected chi connectivity index (χ1v) is 11.5. The molecule has 1 saturated heterocycles. The van der Waals surface area contributed by atoms with Gasteiger partial charge in [0.1, 0.15) is 17.4 Å². The van der Waals surface area contributed by atoms with Gasteiger partial charge >= 0.3 is 0 Å². The second-order valence-corrected chi connectivity index (χ2v) is 8.42. The Labute approximate surface area is 199 Å². The number of nitriles is 1. The number of hydrogen-bond acceptors (Lipinski definition) is 5. The fourth-order valence-corrected chi connectivity index (χ4v) is 3.80. The summed E-state index contributed by atoms with van der Waals surface area (Å²) in [6.45, 7) is 5.06. The van der Waals surface area contributed by atoms with Crippen LogP contribution in [0.4, 0.5) is 0 Å². The van der Waals surface area contributed by atoms with Crippen LogP contribution in [0.15, 0.2) is 66.4 Å². The molecule has 7 nitrogen and oxygen atoms in total.